The highest BCUT2D eigenvalue weighted by Crippen LogP contribution is 2.51. The van der Waals surface area contributed by atoms with Crippen molar-refractivity contribution in [3.8, 4) is 5.75 Å². The number of benzene rings is 1. The minimum absolute atomic E-state index is 0.000943. The average molecular weight is 510 g/mol. The molecule has 2 aliphatic rings. The third kappa shape index (κ3) is 7.35. The lowest BCUT2D eigenvalue weighted by atomic mass is 9.93. The summed E-state index contributed by atoms with van der Waals surface area (Å²) in [6.07, 6.45) is -2.66. The van der Waals surface area contributed by atoms with Gasteiger partial charge in [0.1, 0.15) is 11.4 Å². The lowest BCUT2D eigenvalue weighted by Crippen LogP contribution is -2.48. The molecule has 1 atom stereocenters. The molecule has 0 bridgehead atoms. The Bertz CT molecular complexity index is 1050. The maximum absolute atomic E-state index is 13.2. The highest BCUT2D eigenvalue weighted by molar-refractivity contribution is 5.90. The lowest BCUT2D eigenvalue weighted by molar-refractivity contribution is -0.274. The zero-order valence-electron chi connectivity index (χ0n) is 20.5. The van der Waals surface area contributed by atoms with E-state index in [4.69, 9.17) is 11.3 Å². The van der Waals surface area contributed by atoms with Crippen LogP contribution >= 0.6 is 0 Å². The Morgan fingerprint density at radius 2 is 1.92 bits per heavy atom. The molecule has 1 N–H and O–H groups in total. The number of piperidine rings is 1. The molecule has 2 amide bonds. The minimum Gasteiger partial charge on any atom is -0.460 e. The van der Waals surface area contributed by atoms with Crippen molar-refractivity contribution < 1.29 is 37.0 Å². The van der Waals surface area contributed by atoms with Crippen LogP contribution in [0.2, 0.25) is 0 Å². The van der Waals surface area contributed by atoms with Crippen molar-refractivity contribution in [2.24, 2.45) is 11.3 Å². The first kappa shape index (κ1) is 27.3. The minimum atomic E-state index is -4.94. The van der Waals surface area contributed by atoms with Crippen LogP contribution in [0.25, 0.3) is 4.85 Å². The predicted octanol–water partition coefficient (Wildman–Crippen LogP) is 4.50. The Morgan fingerprint density at radius 3 is 2.50 bits per heavy atom. The number of hydrogen-bond acceptors (Lipinski definition) is 5. The summed E-state index contributed by atoms with van der Waals surface area (Å²) in [4.78, 5) is 43.0. The largest absolute Gasteiger partial charge is 0.573 e. The molecule has 0 aromatic heterocycles. The van der Waals surface area contributed by atoms with Crippen molar-refractivity contribution in [2.45, 2.75) is 71.4 Å². The topological polar surface area (TPSA) is 89.3 Å². The van der Waals surface area contributed by atoms with Gasteiger partial charge in [-0.05, 0) is 52.5 Å². The van der Waals surface area contributed by atoms with Crippen molar-refractivity contribution >= 4 is 23.5 Å². The molecule has 3 rings (SSSR count). The predicted molar refractivity (Wildman–Crippen MR) is 123 cm³/mol. The van der Waals surface area contributed by atoms with Crippen LogP contribution in [-0.4, -0.2) is 47.7 Å². The van der Waals surface area contributed by atoms with Gasteiger partial charge in [-0.25, -0.2) is 4.85 Å². The second-order valence-corrected chi connectivity index (χ2v) is 10.3. The third-order valence-corrected chi connectivity index (χ3v) is 6.15. The number of nitrogens with one attached hydrogen (secondary N) is 1. The van der Waals surface area contributed by atoms with Gasteiger partial charge in [-0.3, -0.25) is 14.4 Å². The van der Waals surface area contributed by atoms with Crippen LogP contribution in [0.3, 0.4) is 0 Å². The Balaban J connectivity index is 1.60. The summed E-state index contributed by atoms with van der Waals surface area (Å²) in [5.74, 6) is -2.07. The number of amides is 2. The Morgan fingerprint density at radius 1 is 1.22 bits per heavy atom. The smallest absolute Gasteiger partial charge is 0.460 e. The van der Waals surface area contributed by atoms with Crippen molar-refractivity contribution in [3.05, 3.63) is 35.2 Å². The molecule has 0 unspecified atom stereocenters. The summed E-state index contributed by atoms with van der Waals surface area (Å²) in [7, 11) is 0. The summed E-state index contributed by atoms with van der Waals surface area (Å²) < 4.78 is 47.7. The van der Waals surface area contributed by atoms with Crippen molar-refractivity contribution in [2.75, 3.05) is 13.1 Å². The van der Waals surface area contributed by atoms with Gasteiger partial charge in [-0.2, -0.15) is 0 Å². The molecule has 1 aromatic rings. The van der Waals surface area contributed by atoms with Crippen LogP contribution in [0.15, 0.2) is 18.2 Å². The normalized spacial score (nSPS) is 19.1. The van der Waals surface area contributed by atoms with E-state index in [9.17, 15) is 27.6 Å². The Labute approximate surface area is 207 Å². The van der Waals surface area contributed by atoms with E-state index in [2.05, 4.69) is 14.9 Å². The number of ether oxygens (including phenoxy) is 2. The van der Waals surface area contributed by atoms with E-state index in [1.54, 1.807) is 25.7 Å². The van der Waals surface area contributed by atoms with Crippen LogP contribution in [0, 0.1) is 17.9 Å². The van der Waals surface area contributed by atoms with E-state index in [0.717, 1.165) is 6.07 Å². The van der Waals surface area contributed by atoms with Crippen LogP contribution < -0.4 is 10.1 Å². The highest BCUT2D eigenvalue weighted by atomic mass is 19.4. The van der Waals surface area contributed by atoms with Crippen LogP contribution in [0.5, 0.6) is 5.75 Å². The Kier molecular flexibility index (Phi) is 7.86. The molecule has 2 fully saturated rings. The summed E-state index contributed by atoms with van der Waals surface area (Å²) in [6.45, 7) is 12.7. The van der Waals surface area contributed by atoms with E-state index in [0.29, 0.717) is 32.2 Å². The van der Waals surface area contributed by atoms with Crippen molar-refractivity contribution in [3.63, 3.8) is 0 Å². The molecule has 1 heterocycles. The molecule has 36 heavy (non-hydrogen) atoms. The number of carbonyl (C=O) groups is 3. The lowest BCUT2D eigenvalue weighted by Gasteiger charge is -2.34. The molecule has 0 radical (unpaired) electrons. The van der Waals surface area contributed by atoms with E-state index in [1.807, 2.05) is 0 Å². The molecule has 1 saturated heterocycles. The zero-order valence-corrected chi connectivity index (χ0v) is 20.5. The number of hydrogen-bond donors (Lipinski definition) is 1. The molecule has 11 heteroatoms. The standard InChI is InChI=1S/C25H30F3N3O5/c1-23(2,3)36-20(32)13-24(9-10-24)22(34)31-11-5-6-17(15-31)21(33)30-14-16-7-8-18(29-4)12-19(16)35-25(26,27)28/h7-8,12,17H,5-6,9-11,13-15H2,1-3H3,(H,30,33)/t17-/m1/s1. The molecule has 1 aliphatic heterocycles. The first-order chi connectivity index (χ1) is 16.7. The number of likely N-dealkylation sites (tertiary alicyclic amines) is 1. The van der Waals surface area contributed by atoms with Crippen LogP contribution in [0.1, 0.15) is 58.4 Å². The molecule has 196 valence electrons. The number of nitrogens with zero attached hydrogens (tertiary/aromatic N) is 2. The molecular weight excluding hydrogens is 479 g/mol. The summed E-state index contributed by atoms with van der Waals surface area (Å²) >= 11 is 0. The number of rotatable bonds is 7. The third-order valence-electron chi connectivity index (χ3n) is 6.15. The number of alkyl halides is 3. The van der Waals surface area contributed by atoms with Gasteiger partial charge in [0.25, 0.3) is 0 Å². The molecular formula is C25H30F3N3O5. The Hall–Kier alpha value is -3.29. The first-order valence-corrected chi connectivity index (χ1v) is 11.8. The van der Waals surface area contributed by atoms with Gasteiger partial charge >= 0.3 is 12.3 Å². The maximum atomic E-state index is 13.2. The van der Waals surface area contributed by atoms with E-state index >= 15 is 0 Å². The van der Waals surface area contributed by atoms with E-state index < -0.39 is 40.9 Å². The van der Waals surface area contributed by atoms with Gasteiger partial charge < -0.3 is 19.7 Å². The van der Waals surface area contributed by atoms with Crippen molar-refractivity contribution in [1.29, 1.82) is 0 Å². The van der Waals surface area contributed by atoms with Gasteiger partial charge in [0.05, 0.1) is 24.3 Å². The number of carbonyl (C=O) groups excluding carboxylic acids is 3. The fraction of sp³-hybridized carbons (Fsp3) is 0.600. The molecule has 0 spiro atoms. The number of esters is 1. The fourth-order valence-electron chi connectivity index (χ4n) is 4.29. The highest BCUT2D eigenvalue weighted by Gasteiger charge is 2.54. The SMILES string of the molecule is [C-]#[N+]c1ccc(CNC(=O)[C@@H]2CCCN(C(=O)C3(CC(=O)OC(C)(C)C)CC3)C2)c(OC(F)(F)F)c1. The fourth-order valence-corrected chi connectivity index (χ4v) is 4.29. The van der Waals surface area contributed by atoms with E-state index in [-0.39, 0.29) is 36.7 Å². The van der Waals surface area contributed by atoms with Gasteiger partial charge in [0.2, 0.25) is 11.8 Å². The molecule has 8 nitrogen and oxygen atoms in total. The van der Waals surface area contributed by atoms with Gasteiger partial charge in [-0.1, -0.05) is 12.1 Å². The summed E-state index contributed by atoms with van der Waals surface area (Å²) in [6, 6.07) is 3.63. The molecule has 1 aromatic carbocycles. The zero-order chi connectivity index (χ0) is 26.7. The molecule has 1 aliphatic carbocycles. The second kappa shape index (κ2) is 10.4. The first-order valence-electron chi connectivity index (χ1n) is 11.8. The van der Waals surface area contributed by atoms with Gasteiger partial charge in [0.15, 0.2) is 5.69 Å². The maximum Gasteiger partial charge on any atom is 0.573 e. The van der Waals surface area contributed by atoms with Crippen LogP contribution in [0.4, 0.5) is 18.9 Å². The average Bonchev–Trinajstić information content (AvgIpc) is 3.55. The van der Waals surface area contributed by atoms with Gasteiger partial charge in [-0.15, -0.1) is 13.2 Å². The van der Waals surface area contributed by atoms with E-state index in [1.165, 1.54) is 12.1 Å². The summed E-state index contributed by atoms with van der Waals surface area (Å²) in [5.41, 5.74) is -1.38. The quantitative estimate of drug-likeness (QED) is 0.432. The second-order valence-electron chi connectivity index (χ2n) is 10.3. The number of halogens is 3. The van der Waals surface area contributed by atoms with Crippen LogP contribution in [-0.2, 0) is 25.7 Å². The summed E-state index contributed by atoms with van der Waals surface area (Å²) in [5, 5.41) is 2.63. The molecule has 1 saturated carbocycles. The van der Waals surface area contributed by atoms with Gasteiger partial charge in [0, 0.05) is 25.2 Å². The monoisotopic (exact) mass is 509 g/mol. The van der Waals surface area contributed by atoms with Crippen molar-refractivity contribution in [1.82, 2.24) is 10.2 Å².